The summed E-state index contributed by atoms with van der Waals surface area (Å²) in [7, 11) is 0. The Hall–Kier alpha value is -1.82. The number of β-lactam (4-membered cyclic amide) rings is 1. The summed E-state index contributed by atoms with van der Waals surface area (Å²) in [5.41, 5.74) is 0.917. The lowest BCUT2D eigenvalue weighted by Crippen LogP contribution is -2.47. The van der Waals surface area contributed by atoms with Gasteiger partial charge in [-0.3, -0.25) is 9.63 Å². The first-order chi connectivity index (χ1) is 8.70. The first-order valence-corrected chi connectivity index (χ1v) is 6.03. The molecule has 0 aromatic carbocycles. The average molecular weight is 249 g/mol. The van der Waals surface area contributed by atoms with E-state index in [0.29, 0.717) is 26.1 Å². The second-order valence-electron chi connectivity index (χ2n) is 4.59. The van der Waals surface area contributed by atoms with Crippen LogP contribution in [0.1, 0.15) is 6.42 Å². The fourth-order valence-corrected chi connectivity index (χ4v) is 2.46. The zero-order chi connectivity index (χ0) is 12.7. The summed E-state index contributed by atoms with van der Waals surface area (Å²) in [5, 5.41) is 1.37. The summed E-state index contributed by atoms with van der Waals surface area (Å²) < 4.78 is 0. The molecule has 3 rings (SSSR count). The number of urea groups is 1. The number of likely N-dealkylation sites (tertiary alicyclic amines) is 1. The van der Waals surface area contributed by atoms with E-state index in [9.17, 15) is 9.59 Å². The van der Waals surface area contributed by atoms with Crippen LogP contribution in [0.15, 0.2) is 24.4 Å². The van der Waals surface area contributed by atoms with Crippen molar-refractivity contribution in [2.45, 2.75) is 12.5 Å². The number of hydroxylamine groups is 2. The second kappa shape index (κ2) is 4.13. The number of nitrogens with zero attached hydrogens (tertiary/aromatic N) is 3. The highest BCUT2D eigenvalue weighted by molar-refractivity contribution is 5.84. The summed E-state index contributed by atoms with van der Waals surface area (Å²) in [6.45, 7) is 5.75. The number of hydrogen-bond donors (Lipinski definition) is 0. The fourth-order valence-electron chi connectivity index (χ4n) is 2.46. The van der Waals surface area contributed by atoms with Gasteiger partial charge < -0.3 is 9.80 Å². The van der Waals surface area contributed by atoms with E-state index in [-0.39, 0.29) is 18.0 Å². The molecule has 2 fully saturated rings. The van der Waals surface area contributed by atoms with Crippen molar-refractivity contribution < 1.29 is 14.4 Å². The third-order valence-electron chi connectivity index (χ3n) is 3.43. The fraction of sp³-hybridized carbons (Fsp3) is 0.500. The molecule has 0 aromatic rings. The first kappa shape index (κ1) is 11.3. The molecular weight excluding hydrogens is 234 g/mol. The SMILES string of the molecule is C=CCON1C(=O)N2CC(N3CCC3=O)=CC1C2. The maximum absolute atomic E-state index is 12.0. The van der Waals surface area contributed by atoms with Gasteiger partial charge in [0.05, 0.1) is 19.2 Å². The Balaban J connectivity index is 1.77. The molecule has 6 nitrogen and oxygen atoms in total. The van der Waals surface area contributed by atoms with Gasteiger partial charge in [0.25, 0.3) is 0 Å². The van der Waals surface area contributed by atoms with Crippen LogP contribution in [0.5, 0.6) is 0 Å². The smallest absolute Gasteiger partial charge is 0.315 e. The minimum Gasteiger partial charge on any atom is -0.315 e. The molecule has 0 aromatic heterocycles. The minimum absolute atomic E-state index is 0.102. The highest BCUT2D eigenvalue weighted by Gasteiger charge is 2.43. The molecule has 6 heteroatoms. The maximum atomic E-state index is 12.0. The number of carbonyl (C=O) groups is 2. The summed E-state index contributed by atoms with van der Waals surface area (Å²) in [4.78, 5) is 32.2. The average Bonchev–Trinajstić information content (AvgIpc) is 2.57. The van der Waals surface area contributed by atoms with Gasteiger partial charge in [0.2, 0.25) is 5.91 Å². The Morgan fingerprint density at radius 2 is 2.33 bits per heavy atom. The molecule has 2 saturated heterocycles. The molecule has 3 aliphatic rings. The largest absolute Gasteiger partial charge is 0.345 e. The summed E-state index contributed by atoms with van der Waals surface area (Å²) >= 11 is 0. The third-order valence-corrected chi connectivity index (χ3v) is 3.43. The zero-order valence-corrected chi connectivity index (χ0v) is 10.0. The van der Waals surface area contributed by atoms with Crippen LogP contribution in [0.4, 0.5) is 4.79 Å². The topological polar surface area (TPSA) is 53.1 Å². The van der Waals surface area contributed by atoms with Gasteiger partial charge in [-0.1, -0.05) is 6.08 Å². The molecule has 1 atom stereocenters. The molecule has 0 spiro atoms. The number of amides is 3. The van der Waals surface area contributed by atoms with Gasteiger partial charge in [0.15, 0.2) is 0 Å². The molecule has 3 aliphatic heterocycles. The molecule has 96 valence electrons. The first-order valence-electron chi connectivity index (χ1n) is 6.03. The lowest BCUT2D eigenvalue weighted by molar-refractivity contribution is -0.137. The molecule has 0 radical (unpaired) electrons. The van der Waals surface area contributed by atoms with Crippen molar-refractivity contribution in [3.63, 3.8) is 0 Å². The predicted molar refractivity (Wildman–Crippen MR) is 63.2 cm³/mol. The van der Waals surface area contributed by atoms with Gasteiger partial charge in [-0.05, 0) is 6.08 Å². The summed E-state index contributed by atoms with van der Waals surface area (Å²) in [6.07, 6.45) is 4.17. The van der Waals surface area contributed by atoms with E-state index in [0.717, 1.165) is 12.2 Å². The molecule has 18 heavy (non-hydrogen) atoms. The summed E-state index contributed by atoms with van der Waals surface area (Å²) in [5.74, 6) is 0.134. The van der Waals surface area contributed by atoms with Gasteiger partial charge in [0.1, 0.15) is 0 Å². The van der Waals surface area contributed by atoms with E-state index >= 15 is 0 Å². The third kappa shape index (κ3) is 1.60. The van der Waals surface area contributed by atoms with Crippen molar-refractivity contribution in [3.8, 4) is 0 Å². The van der Waals surface area contributed by atoms with Gasteiger partial charge in [-0.2, -0.15) is 5.06 Å². The number of fused-ring (bicyclic) bond motifs is 2. The Kier molecular flexibility index (Phi) is 2.59. The number of carbonyl (C=O) groups excluding carboxylic acids is 2. The van der Waals surface area contributed by atoms with Crippen molar-refractivity contribution in [1.29, 1.82) is 0 Å². The highest BCUT2D eigenvalue weighted by atomic mass is 16.7. The van der Waals surface area contributed by atoms with Crippen LogP contribution in [0, 0.1) is 0 Å². The molecule has 1 unspecified atom stereocenters. The van der Waals surface area contributed by atoms with E-state index in [1.807, 2.05) is 6.08 Å². The second-order valence-corrected chi connectivity index (χ2v) is 4.59. The van der Waals surface area contributed by atoms with Crippen LogP contribution in [-0.2, 0) is 9.63 Å². The van der Waals surface area contributed by atoms with E-state index < -0.39 is 0 Å². The Bertz CT molecular complexity index is 446. The molecule has 3 heterocycles. The van der Waals surface area contributed by atoms with Crippen LogP contribution in [0.25, 0.3) is 0 Å². The highest BCUT2D eigenvalue weighted by Crippen LogP contribution is 2.28. The molecule has 0 aliphatic carbocycles. The van der Waals surface area contributed by atoms with E-state index in [4.69, 9.17) is 4.84 Å². The normalized spacial score (nSPS) is 26.3. The minimum atomic E-state index is -0.138. The molecule has 0 saturated carbocycles. The Morgan fingerprint density at radius 1 is 1.50 bits per heavy atom. The van der Waals surface area contributed by atoms with E-state index in [1.165, 1.54) is 5.06 Å². The van der Waals surface area contributed by atoms with Crippen molar-refractivity contribution in [2.75, 3.05) is 26.2 Å². The van der Waals surface area contributed by atoms with Crippen LogP contribution < -0.4 is 0 Å². The van der Waals surface area contributed by atoms with Crippen LogP contribution in [0.3, 0.4) is 0 Å². The molecular formula is C12H15N3O3. The Labute approximate surface area is 105 Å². The number of rotatable bonds is 4. The number of hydrogen-bond acceptors (Lipinski definition) is 3. The molecule has 0 N–H and O–H groups in total. The Morgan fingerprint density at radius 3 is 2.94 bits per heavy atom. The summed E-state index contributed by atoms with van der Waals surface area (Å²) in [6, 6.07) is -0.240. The van der Waals surface area contributed by atoms with Gasteiger partial charge in [-0.25, -0.2) is 4.79 Å². The van der Waals surface area contributed by atoms with E-state index in [2.05, 4.69) is 6.58 Å². The van der Waals surface area contributed by atoms with Gasteiger partial charge >= 0.3 is 6.03 Å². The standard InChI is InChI=1S/C12H15N3O3/c1-2-5-18-15-10-6-9(14-4-3-11(14)16)7-13(8-10)12(15)17/h2,6,10H,1,3-5,7-8H2. The maximum Gasteiger partial charge on any atom is 0.345 e. The van der Waals surface area contributed by atoms with Crippen molar-refractivity contribution in [3.05, 3.63) is 24.4 Å². The van der Waals surface area contributed by atoms with Crippen LogP contribution in [0.2, 0.25) is 0 Å². The van der Waals surface area contributed by atoms with Crippen LogP contribution >= 0.6 is 0 Å². The zero-order valence-electron chi connectivity index (χ0n) is 10.0. The monoisotopic (exact) mass is 249 g/mol. The van der Waals surface area contributed by atoms with Gasteiger partial charge in [-0.15, -0.1) is 6.58 Å². The van der Waals surface area contributed by atoms with E-state index in [1.54, 1.807) is 15.9 Å². The van der Waals surface area contributed by atoms with Crippen molar-refractivity contribution in [1.82, 2.24) is 14.9 Å². The quantitative estimate of drug-likeness (QED) is 0.533. The van der Waals surface area contributed by atoms with Gasteiger partial charge in [0, 0.05) is 25.2 Å². The van der Waals surface area contributed by atoms with Crippen molar-refractivity contribution in [2.24, 2.45) is 0 Å². The molecule has 3 amide bonds. The lowest BCUT2D eigenvalue weighted by Gasteiger charge is -2.36. The van der Waals surface area contributed by atoms with Crippen molar-refractivity contribution >= 4 is 11.9 Å². The van der Waals surface area contributed by atoms with Crippen LogP contribution in [-0.4, -0.2) is 59.1 Å². The lowest BCUT2D eigenvalue weighted by atomic mass is 10.1. The predicted octanol–water partition coefficient (Wildman–Crippen LogP) is 0.340. The molecule has 2 bridgehead atoms.